The Hall–Kier alpha value is -1.63. The van der Waals surface area contributed by atoms with Crippen LogP contribution in [-0.4, -0.2) is 31.0 Å². The van der Waals surface area contributed by atoms with E-state index in [1.807, 2.05) is 0 Å². The molecule has 0 radical (unpaired) electrons. The summed E-state index contributed by atoms with van der Waals surface area (Å²) in [6.45, 7) is 0. The number of hydrogen-bond acceptors (Lipinski definition) is 5. The van der Waals surface area contributed by atoms with Gasteiger partial charge in [0.2, 0.25) is 0 Å². The van der Waals surface area contributed by atoms with Crippen LogP contribution in [0.1, 0.15) is 16.3 Å². The van der Waals surface area contributed by atoms with Crippen LogP contribution < -0.4 is 0 Å². The summed E-state index contributed by atoms with van der Waals surface area (Å²) in [6.07, 6.45) is 1.67. The molecule has 2 heterocycles. The Morgan fingerprint density at radius 1 is 1.56 bits per heavy atom. The van der Waals surface area contributed by atoms with Gasteiger partial charge in [0.15, 0.2) is 11.6 Å². The van der Waals surface area contributed by atoms with Gasteiger partial charge in [-0.3, -0.25) is 9.78 Å². The second kappa shape index (κ2) is 4.48. The number of carbonyl (C=O) groups excluding carboxylic acids is 1. The molecular weight excluding hydrogens is 274 g/mol. The molecule has 2 rings (SSSR count). The zero-order chi connectivity index (χ0) is 11.5. The monoisotopic (exact) mass is 281 g/mol. The molecule has 6 nitrogen and oxygen atoms in total. The molecule has 2 aromatic heterocycles. The number of tetrazole rings is 1. The van der Waals surface area contributed by atoms with Gasteiger partial charge in [-0.2, -0.15) is 4.80 Å². The molecule has 0 spiro atoms. The van der Waals surface area contributed by atoms with E-state index in [2.05, 4.69) is 36.3 Å². The first-order chi connectivity index (χ1) is 7.66. The van der Waals surface area contributed by atoms with E-state index >= 15 is 0 Å². The van der Waals surface area contributed by atoms with Gasteiger partial charge in [-0.1, -0.05) is 0 Å². The van der Waals surface area contributed by atoms with Gasteiger partial charge in [0.1, 0.15) is 5.69 Å². The third kappa shape index (κ3) is 2.30. The van der Waals surface area contributed by atoms with Gasteiger partial charge in [-0.15, -0.1) is 10.2 Å². The topological polar surface area (TPSA) is 73.6 Å². The molecule has 0 saturated carbocycles. The minimum absolute atomic E-state index is 0.101. The van der Waals surface area contributed by atoms with Crippen molar-refractivity contribution in [2.75, 3.05) is 0 Å². The maximum atomic E-state index is 11.8. The fourth-order valence-corrected chi connectivity index (χ4v) is 1.69. The number of aromatic nitrogens is 5. The number of rotatable bonds is 3. The van der Waals surface area contributed by atoms with Gasteiger partial charge in [-0.25, -0.2) is 0 Å². The van der Waals surface area contributed by atoms with Crippen molar-refractivity contribution in [3.05, 3.63) is 34.3 Å². The summed E-state index contributed by atoms with van der Waals surface area (Å²) >= 11 is 3.27. The minimum Gasteiger partial charge on any atom is -0.292 e. The number of hydrogen-bond donors (Lipinski definition) is 0. The molecular formula is C9H8BrN5O. The van der Waals surface area contributed by atoms with Crippen LogP contribution in [0.5, 0.6) is 0 Å². The molecule has 0 aliphatic carbocycles. The first-order valence-electron chi connectivity index (χ1n) is 4.53. The second-order valence-corrected chi connectivity index (χ2v) is 3.98. The molecule has 2 aromatic rings. The third-order valence-corrected chi connectivity index (χ3v) is 2.53. The van der Waals surface area contributed by atoms with E-state index in [1.165, 1.54) is 4.80 Å². The Balaban J connectivity index is 2.18. The van der Waals surface area contributed by atoms with Gasteiger partial charge in [0, 0.05) is 10.7 Å². The Kier molecular flexibility index (Phi) is 3.04. The normalized spacial score (nSPS) is 10.4. The fraction of sp³-hybridized carbons (Fsp3) is 0.222. The van der Waals surface area contributed by atoms with Crippen molar-refractivity contribution < 1.29 is 4.79 Å². The highest BCUT2D eigenvalue weighted by atomic mass is 79.9. The lowest BCUT2D eigenvalue weighted by Gasteiger charge is -1.99. The average Bonchev–Trinajstić information content (AvgIpc) is 2.64. The zero-order valence-corrected chi connectivity index (χ0v) is 10.0. The SMILES string of the molecule is Cn1nnc(CC(=O)c2ncccc2Br)n1. The average molecular weight is 282 g/mol. The number of nitrogens with zero attached hydrogens (tertiary/aromatic N) is 5. The van der Waals surface area contributed by atoms with E-state index < -0.39 is 0 Å². The molecule has 0 aliphatic heterocycles. The van der Waals surface area contributed by atoms with Crippen LogP contribution in [0.3, 0.4) is 0 Å². The van der Waals surface area contributed by atoms with Gasteiger partial charge in [0.25, 0.3) is 0 Å². The Morgan fingerprint density at radius 2 is 2.38 bits per heavy atom. The van der Waals surface area contributed by atoms with E-state index in [0.717, 1.165) is 0 Å². The Labute approximate surface area is 99.8 Å². The van der Waals surface area contributed by atoms with Crippen LogP contribution in [0.4, 0.5) is 0 Å². The number of aryl methyl sites for hydroxylation is 1. The molecule has 0 amide bonds. The summed E-state index contributed by atoms with van der Waals surface area (Å²) in [7, 11) is 1.65. The summed E-state index contributed by atoms with van der Waals surface area (Å²) in [4.78, 5) is 17.2. The van der Waals surface area contributed by atoms with E-state index in [4.69, 9.17) is 0 Å². The minimum atomic E-state index is -0.138. The highest BCUT2D eigenvalue weighted by molar-refractivity contribution is 9.10. The van der Waals surface area contributed by atoms with Crippen molar-refractivity contribution in [3.63, 3.8) is 0 Å². The summed E-state index contributed by atoms with van der Waals surface area (Å²) in [6, 6.07) is 3.52. The quantitative estimate of drug-likeness (QED) is 0.778. The number of Topliss-reactive ketones (excluding diaryl/α,β-unsaturated/α-hetero) is 1. The van der Waals surface area contributed by atoms with Crippen molar-refractivity contribution in [2.45, 2.75) is 6.42 Å². The molecule has 0 fully saturated rings. The molecule has 0 bridgehead atoms. The maximum absolute atomic E-state index is 11.8. The highest BCUT2D eigenvalue weighted by Crippen LogP contribution is 2.14. The predicted molar refractivity (Wildman–Crippen MR) is 58.8 cm³/mol. The van der Waals surface area contributed by atoms with Gasteiger partial charge in [-0.05, 0) is 33.3 Å². The first kappa shape index (κ1) is 10.9. The summed E-state index contributed by atoms with van der Waals surface area (Å²) in [5.74, 6) is 0.255. The molecule has 7 heteroatoms. The zero-order valence-electron chi connectivity index (χ0n) is 8.46. The van der Waals surface area contributed by atoms with Crippen molar-refractivity contribution in [1.82, 2.24) is 25.2 Å². The summed E-state index contributed by atoms with van der Waals surface area (Å²) < 4.78 is 0.670. The van der Waals surface area contributed by atoms with Crippen LogP contribution in [0, 0.1) is 0 Å². The highest BCUT2D eigenvalue weighted by Gasteiger charge is 2.14. The van der Waals surface area contributed by atoms with Gasteiger partial charge < -0.3 is 0 Å². The summed E-state index contributed by atoms with van der Waals surface area (Å²) in [5, 5.41) is 11.3. The lowest BCUT2D eigenvalue weighted by atomic mass is 10.2. The van der Waals surface area contributed by atoms with Crippen molar-refractivity contribution in [3.8, 4) is 0 Å². The predicted octanol–water partition coefficient (Wildman–Crippen LogP) is 0.793. The first-order valence-corrected chi connectivity index (χ1v) is 5.32. The van der Waals surface area contributed by atoms with Crippen molar-refractivity contribution >= 4 is 21.7 Å². The molecule has 0 aliphatic rings. The Morgan fingerprint density at radius 3 is 3.00 bits per heavy atom. The van der Waals surface area contributed by atoms with E-state index in [1.54, 1.807) is 25.4 Å². The van der Waals surface area contributed by atoms with Crippen LogP contribution in [0.25, 0.3) is 0 Å². The standard InChI is InChI=1S/C9H8BrN5O/c1-15-13-8(12-14-15)5-7(16)9-6(10)3-2-4-11-9/h2-4H,5H2,1H3. The summed E-state index contributed by atoms with van der Waals surface area (Å²) in [5.41, 5.74) is 0.384. The van der Waals surface area contributed by atoms with Crippen LogP contribution in [-0.2, 0) is 13.5 Å². The number of ketones is 1. The molecule has 82 valence electrons. The number of pyridine rings is 1. The van der Waals surface area contributed by atoms with Gasteiger partial charge >= 0.3 is 0 Å². The van der Waals surface area contributed by atoms with Crippen LogP contribution >= 0.6 is 15.9 Å². The number of halogens is 1. The third-order valence-electron chi connectivity index (χ3n) is 1.89. The van der Waals surface area contributed by atoms with Crippen molar-refractivity contribution in [2.24, 2.45) is 7.05 Å². The molecule has 0 unspecified atom stereocenters. The van der Waals surface area contributed by atoms with Gasteiger partial charge in [0.05, 0.1) is 13.5 Å². The van der Waals surface area contributed by atoms with E-state index in [9.17, 15) is 4.79 Å². The van der Waals surface area contributed by atoms with E-state index in [-0.39, 0.29) is 12.2 Å². The van der Waals surface area contributed by atoms with Crippen LogP contribution in [0.2, 0.25) is 0 Å². The van der Waals surface area contributed by atoms with E-state index in [0.29, 0.717) is 16.0 Å². The molecule has 0 aromatic carbocycles. The molecule has 0 atom stereocenters. The largest absolute Gasteiger partial charge is 0.292 e. The van der Waals surface area contributed by atoms with Crippen molar-refractivity contribution in [1.29, 1.82) is 0 Å². The molecule has 16 heavy (non-hydrogen) atoms. The Bertz CT molecular complexity index is 524. The second-order valence-electron chi connectivity index (χ2n) is 3.13. The number of carbonyl (C=O) groups is 1. The fourth-order valence-electron chi connectivity index (χ4n) is 1.21. The maximum Gasteiger partial charge on any atom is 0.190 e. The molecule has 0 saturated heterocycles. The van der Waals surface area contributed by atoms with Crippen LogP contribution in [0.15, 0.2) is 22.8 Å². The lowest BCUT2D eigenvalue weighted by Crippen LogP contribution is -2.08. The molecule has 0 N–H and O–H groups in total. The lowest BCUT2D eigenvalue weighted by molar-refractivity contribution is 0.0985. The smallest absolute Gasteiger partial charge is 0.190 e.